The summed E-state index contributed by atoms with van der Waals surface area (Å²) in [5, 5.41) is 9.26. The van der Waals surface area contributed by atoms with Crippen LogP contribution in [0.5, 0.6) is 5.19 Å². The molecule has 19 heavy (non-hydrogen) atoms. The number of hydrogen-bond acceptors (Lipinski definition) is 5. The summed E-state index contributed by atoms with van der Waals surface area (Å²) in [7, 11) is 1.51. The number of benzene rings is 1. The molecule has 0 aliphatic carbocycles. The summed E-state index contributed by atoms with van der Waals surface area (Å²) in [4.78, 5) is 4.66. The van der Waals surface area contributed by atoms with Crippen LogP contribution in [0.25, 0.3) is 10.4 Å². The van der Waals surface area contributed by atoms with Crippen molar-refractivity contribution < 1.29 is 14.2 Å². The van der Waals surface area contributed by atoms with Gasteiger partial charge in [0.05, 0.1) is 17.0 Å². The van der Waals surface area contributed by atoms with E-state index < -0.39 is 18.8 Å². The fourth-order valence-electron chi connectivity index (χ4n) is 1.87. The van der Waals surface area contributed by atoms with Crippen molar-refractivity contribution in [1.29, 1.82) is 0 Å². The van der Waals surface area contributed by atoms with E-state index in [9.17, 15) is 9.50 Å². The van der Waals surface area contributed by atoms with Gasteiger partial charge in [-0.1, -0.05) is 35.6 Å². The van der Waals surface area contributed by atoms with Crippen LogP contribution >= 0.6 is 11.3 Å². The molecule has 0 aliphatic heterocycles. The smallest absolute Gasteiger partial charge is 0.271 e. The first-order valence-corrected chi connectivity index (χ1v) is 6.57. The molecule has 6 heteroatoms. The molecule has 102 valence electrons. The molecule has 0 saturated heterocycles. The predicted molar refractivity (Wildman–Crippen MR) is 72.9 cm³/mol. The van der Waals surface area contributed by atoms with Crippen LogP contribution in [0.1, 0.15) is 11.7 Å². The lowest BCUT2D eigenvalue weighted by molar-refractivity contribution is 0.0721. The molecule has 1 aromatic heterocycles. The predicted octanol–water partition coefficient (Wildman–Crippen LogP) is 2.50. The number of thiazole rings is 1. The Balaban J connectivity index is 2.22. The van der Waals surface area contributed by atoms with Crippen molar-refractivity contribution in [2.45, 2.75) is 12.1 Å². The Morgan fingerprint density at radius 2 is 2.11 bits per heavy atom. The molecule has 2 aromatic rings. The lowest BCUT2D eigenvalue weighted by Crippen LogP contribution is -2.31. The fourth-order valence-corrected chi connectivity index (χ4v) is 2.54. The number of nitrogens with two attached hydrogens (primary N) is 1. The van der Waals surface area contributed by atoms with Crippen LogP contribution in [-0.4, -0.2) is 29.9 Å². The molecule has 4 nitrogen and oxygen atoms in total. The molecular formula is C13H15FN2O2S. The molecule has 0 unspecified atom stereocenters. The van der Waals surface area contributed by atoms with Crippen LogP contribution in [-0.2, 0) is 4.74 Å². The number of aromatic hydroxyl groups is 1. The normalized spacial score (nSPS) is 14.3. The Morgan fingerprint density at radius 1 is 1.42 bits per heavy atom. The van der Waals surface area contributed by atoms with Crippen LogP contribution in [0.3, 0.4) is 0 Å². The van der Waals surface area contributed by atoms with E-state index in [0.29, 0.717) is 0 Å². The van der Waals surface area contributed by atoms with E-state index >= 15 is 0 Å². The standard InChI is InChI=1S/C13H15FN2O2S/c1-18-12(10(15)6-14)9-4-2-8(3-5-9)11-7-16-13(17)19-11/h2-5,7,10,12H,6,15H2,1H3,(H,16,17)/t10-,12-/m1/s1. The third-order valence-electron chi connectivity index (χ3n) is 2.84. The van der Waals surface area contributed by atoms with Gasteiger partial charge in [-0.05, 0) is 11.1 Å². The minimum absolute atomic E-state index is 0.0355. The lowest BCUT2D eigenvalue weighted by atomic mass is 10.0. The van der Waals surface area contributed by atoms with Gasteiger partial charge in [0.2, 0.25) is 0 Å². The summed E-state index contributed by atoms with van der Waals surface area (Å²) in [6.45, 7) is -0.636. The number of nitrogens with zero attached hydrogens (tertiary/aromatic N) is 1. The van der Waals surface area contributed by atoms with E-state index in [1.54, 1.807) is 6.20 Å². The highest BCUT2D eigenvalue weighted by atomic mass is 32.1. The summed E-state index contributed by atoms with van der Waals surface area (Å²) < 4.78 is 17.8. The zero-order chi connectivity index (χ0) is 13.8. The van der Waals surface area contributed by atoms with Crippen molar-refractivity contribution in [2.75, 3.05) is 13.8 Å². The highest BCUT2D eigenvalue weighted by molar-refractivity contribution is 7.16. The Kier molecular flexibility index (Phi) is 4.47. The zero-order valence-corrected chi connectivity index (χ0v) is 11.2. The first-order chi connectivity index (χ1) is 9.15. The van der Waals surface area contributed by atoms with Gasteiger partial charge in [-0.15, -0.1) is 0 Å². The zero-order valence-electron chi connectivity index (χ0n) is 10.4. The van der Waals surface area contributed by atoms with Gasteiger partial charge in [-0.25, -0.2) is 9.37 Å². The maximum absolute atomic E-state index is 12.6. The second-order valence-corrected chi connectivity index (χ2v) is 5.11. The summed E-state index contributed by atoms with van der Waals surface area (Å²) in [6, 6.07) is 6.76. The fraction of sp³-hybridized carbons (Fsp3) is 0.308. The highest BCUT2D eigenvalue weighted by Crippen LogP contribution is 2.30. The second-order valence-electron chi connectivity index (χ2n) is 4.10. The van der Waals surface area contributed by atoms with Crippen LogP contribution in [0, 0.1) is 0 Å². The van der Waals surface area contributed by atoms with E-state index in [-0.39, 0.29) is 5.19 Å². The number of aromatic nitrogens is 1. The molecule has 1 heterocycles. The van der Waals surface area contributed by atoms with Crippen LogP contribution in [0.15, 0.2) is 30.5 Å². The minimum Gasteiger partial charge on any atom is -0.486 e. The van der Waals surface area contributed by atoms with Crippen molar-refractivity contribution in [3.63, 3.8) is 0 Å². The molecule has 2 rings (SSSR count). The van der Waals surface area contributed by atoms with E-state index in [0.717, 1.165) is 16.0 Å². The number of rotatable bonds is 5. The molecule has 0 saturated carbocycles. The minimum atomic E-state index is -0.678. The molecule has 0 fully saturated rings. The number of hydrogen-bond donors (Lipinski definition) is 2. The van der Waals surface area contributed by atoms with Crippen molar-refractivity contribution in [3.05, 3.63) is 36.0 Å². The quantitative estimate of drug-likeness (QED) is 0.884. The average molecular weight is 282 g/mol. The van der Waals surface area contributed by atoms with Gasteiger partial charge in [-0.3, -0.25) is 0 Å². The van der Waals surface area contributed by atoms with Gasteiger partial charge in [0.1, 0.15) is 6.67 Å². The number of halogens is 1. The molecule has 0 aliphatic rings. The molecule has 0 radical (unpaired) electrons. The van der Waals surface area contributed by atoms with Crippen LogP contribution in [0.2, 0.25) is 0 Å². The van der Waals surface area contributed by atoms with Crippen molar-refractivity contribution in [3.8, 4) is 15.6 Å². The molecule has 2 atom stereocenters. The molecule has 0 amide bonds. The van der Waals surface area contributed by atoms with Gasteiger partial charge in [-0.2, -0.15) is 0 Å². The number of methoxy groups -OCH3 is 1. The van der Waals surface area contributed by atoms with Gasteiger partial charge < -0.3 is 15.6 Å². The molecule has 3 N–H and O–H groups in total. The monoisotopic (exact) mass is 282 g/mol. The van der Waals surface area contributed by atoms with E-state index in [2.05, 4.69) is 4.98 Å². The van der Waals surface area contributed by atoms with Gasteiger partial charge in [0.25, 0.3) is 5.19 Å². The molecule has 0 spiro atoms. The Bertz CT molecular complexity index is 530. The molecular weight excluding hydrogens is 267 g/mol. The summed E-state index contributed by atoms with van der Waals surface area (Å²) in [5.41, 5.74) is 7.43. The Morgan fingerprint density at radius 3 is 2.58 bits per heavy atom. The van der Waals surface area contributed by atoms with Crippen molar-refractivity contribution in [2.24, 2.45) is 5.73 Å². The second kappa shape index (κ2) is 6.10. The molecule has 0 bridgehead atoms. The first kappa shape index (κ1) is 13.9. The SMILES string of the molecule is CO[C@H](c1ccc(-c2cnc(O)s2)cc1)[C@H](N)CF. The van der Waals surface area contributed by atoms with Gasteiger partial charge in [0.15, 0.2) is 0 Å². The first-order valence-electron chi connectivity index (χ1n) is 5.75. The third kappa shape index (κ3) is 3.09. The molecule has 1 aromatic carbocycles. The Hall–Kier alpha value is -1.50. The van der Waals surface area contributed by atoms with Crippen LogP contribution < -0.4 is 5.73 Å². The summed E-state index contributed by atoms with van der Waals surface area (Å²) in [5.74, 6) is 0. The Labute approximate surface area is 114 Å². The van der Waals surface area contributed by atoms with Crippen LogP contribution in [0.4, 0.5) is 4.39 Å². The maximum Gasteiger partial charge on any atom is 0.271 e. The largest absolute Gasteiger partial charge is 0.486 e. The van der Waals surface area contributed by atoms with Gasteiger partial charge >= 0.3 is 0 Å². The van der Waals surface area contributed by atoms with E-state index in [1.165, 1.54) is 18.4 Å². The van der Waals surface area contributed by atoms with E-state index in [4.69, 9.17) is 10.5 Å². The lowest BCUT2D eigenvalue weighted by Gasteiger charge is -2.20. The topological polar surface area (TPSA) is 68.4 Å². The average Bonchev–Trinajstić information content (AvgIpc) is 2.87. The van der Waals surface area contributed by atoms with Crippen molar-refractivity contribution >= 4 is 11.3 Å². The highest BCUT2D eigenvalue weighted by Gasteiger charge is 2.19. The number of alkyl halides is 1. The van der Waals surface area contributed by atoms with Gasteiger partial charge in [0, 0.05) is 13.3 Å². The maximum atomic E-state index is 12.6. The van der Waals surface area contributed by atoms with E-state index in [1.807, 2.05) is 24.3 Å². The van der Waals surface area contributed by atoms with Crippen molar-refractivity contribution in [1.82, 2.24) is 4.98 Å². The number of ether oxygens (including phenoxy) is 1. The third-order valence-corrected chi connectivity index (χ3v) is 3.69. The summed E-state index contributed by atoms with van der Waals surface area (Å²) >= 11 is 1.20. The summed E-state index contributed by atoms with van der Waals surface area (Å²) in [6.07, 6.45) is 1.14.